The molecule has 0 unspecified atom stereocenters. The molecule has 118 valence electrons. The number of nitrogens with zero attached hydrogens (tertiary/aromatic N) is 2. The van der Waals surface area contributed by atoms with E-state index in [9.17, 15) is 13.2 Å². The number of rotatable bonds is 6. The highest BCUT2D eigenvalue weighted by Gasteiger charge is 2.16. The maximum atomic E-state index is 11.9. The van der Waals surface area contributed by atoms with E-state index in [1.54, 1.807) is 0 Å². The normalized spacial score (nSPS) is 11.6. The molecule has 2 aromatic rings. The first-order valence-electron chi connectivity index (χ1n) is 6.59. The number of anilines is 1. The summed E-state index contributed by atoms with van der Waals surface area (Å²) in [5.41, 5.74) is 1.54. The third kappa shape index (κ3) is 4.15. The zero-order chi connectivity index (χ0) is 16.2. The molecule has 0 aliphatic heterocycles. The molecule has 0 aliphatic carbocycles. The van der Waals surface area contributed by atoms with Crippen LogP contribution in [0.4, 0.5) is 5.88 Å². The zero-order valence-corrected chi connectivity index (χ0v) is 13.1. The number of hydrogen-bond acceptors (Lipinski definition) is 5. The van der Waals surface area contributed by atoms with Crippen molar-refractivity contribution in [1.29, 1.82) is 0 Å². The standard InChI is InChI=1S/C14H17N3O4S/c1-17(22(2,19)20)9-8-13(18)16-14-12(10-15-21-14)11-6-4-3-5-7-11/h3-7,10H,8-9H2,1-2H3,(H,16,18). The Morgan fingerprint density at radius 1 is 1.32 bits per heavy atom. The summed E-state index contributed by atoms with van der Waals surface area (Å²) in [5.74, 6) is -0.0948. The Hall–Kier alpha value is -2.19. The van der Waals surface area contributed by atoms with Crippen LogP contribution in [0.2, 0.25) is 0 Å². The summed E-state index contributed by atoms with van der Waals surface area (Å²) >= 11 is 0. The molecule has 1 heterocycles. The summed E-state index contributed by atoms with van der Waals surface area (Å²) in [7, 11) is -1.87. The van der Waals surface area contributed by atoms with Crippen LogP contribution in [0.15, 0.2) is 41.1 Å². The zero-order valence-electron chi connectivity index (χ0n) is 12.3. The number of sulfonamides is 1. The summed E-state index contributed by atoms with van der Waals surface area (Å²) in [6, 6.07) is 9.37. The van der Waals surface area contributed by atoms with E-state index in [1.165, 1.54) is 13.2 Å². The largest absolute Gasteiger partial charge is 0.338 e. The van der Waals surface area contributed by atoms with Crippen molar-refractivity contribution in [2.75, 3.05) is 25.2 Å². The van der Waals surface area contributed by atoms with Crippen molar-refractivity contribution in [2.45, 2.75) is 6.42 Å². The number of carbonyl (C=O) groups excluding carboxylic acids is 1. The number of amides is 1. The van der Waals surface area contributed by atoms with Gasteiger partial charge in [-0.05, 0) is 5.56 Å². The van der Waals surface area contributed by atoms with Gasteiger partial charge in [0.15, 0.2) is 0 Å². The molecule has 0 saturated carbocycles. The van der Waals surface area contributed by atoms with Gasteiger partial charge in [-0.3, -0.25) is 10.1 Å². The van der Waals surface area contributed by atoms with Gasteiger partial charge in [-0.15, -0.1) is 0 Å². The van der Waals surface area contributed by atoms with E-state index in [0.29, 0.717) is 5.56 Å². The van der Waals surface area contributed by atoms with Crippen molar-refractivity contribution < 1.29 is 17.7 Å². The predicted molar refractivity (Wildman–Crippen MR) is 82.7 cm³/mol. The van der Waals surface area contributed by atoms with Gasteiger partial charge in [0.1, 0.15) is 0 Å². The fourth-order valence-corrected chi connectivity index (χ4v) is 2.19. The van der Waals surface area contributed by atoms with Gasteiger partial charge in [-0.1, -0.05) is 35.5 Å². The van der Waals surface area contributed by atoms with Crippen molar-refractivity contribution in [3.63, 3.8) is 0 Å². The molecule has 0 bridgehead atoms. The molecular weight excluding hydrogens is 306 g/mol. The smallest absolute Gasteiger partial charge is 0.239 e. The molecule has 1 aromatic carbocycles. The lowest BCUT2D eigenvalue weighted by Crippen LogP contribution is -2.29. The number of aromatic nitrogens is 1. The Morgan fingerprint density at radius 2 is 2.00 bits per heavy atom. The molecule has 8 heteroatoms. The molecule has 0 fully saturated rings. The number of benzene rings is 1. The van der Waals surface area contributed by atoms with Crippen LogP contribution < -0.4 is 5.32 Å². The average molecular weight is 323 g/mol. The maximum Gasteiger partial charge on any atom is 0.239 e. The Bertz CT molecular complexity index is 740. The van der Waals surface area contributed by atoms with E-state index >= 15 is 0 Å². The molecular formula is C14H17N3O4S. The first kappa shape index (κ1) is 16.2. The lowest BCUT2D eigenvalue weighted by atomic mass is 10.1. The van der Waals surface area contributed by atoms with E-state index in [1.807, 2.05) is 30.3 Å². The second-order valence-electron chi connectivity index (χ2n) is 4.82. The van der Waals surface area contributed by atoms with Crippen molar-refractivity contribution in [1.82, 2.24) is 9.46 Å². The Morgan fingerprint density at radius 3 is 2.64 bits per heavy atom. The highest BCUT2D eigenvalue weighted by molar-refractivity contribution is 7.88. The minimum atomic E-state index is -3.29. The third-order valence-electron chi connectivity index (χ3n) is 3.13. The molecule has 0 aliphatic rings. The molecule has 0 spiro atoms. The topological polar surface area (TPSA) is 92.5 Å². The van der Waals surface area contributed by atoms with E-state index < -0.39 is 10.0 Å². The van der Waals surface area contributed by atoms with E-state index in [2.05, 4.69) is 10.5 Å². The number of carbonyl (C=O) groups is 1. The monoisotopic (exact) mass is 323 g/mol. The molecule has 0 saturated heterocycles. The Labute approximate surface area is 129 Å². The summed E-state index contributed by atoms with van der Waals surface area (Å²) in [4.78, 5) is 11.9. The van der Waals surface area contributed by atoms with E-state index in [0.717, 1.165) is 16.1 Å². The molecule has 1 amide bonds. The van der Waals surface area contributed by atoms with E-state index in [-0.39, 0.29) is 24.8 Å². The van der Waals surface area contributed by atoms with Crippen LogP contribution in [0, 0.1) is 0 Å². The van der Waals surface area contributed by atoms with Crippen molar-refractivity contribution >= 4 is 21.8 Å². The molecule has 7 nitrogen and oxygen atoms in total. The molecule has 1 N–H and O–H groups in total. The third-order valence-corrected chi connectivity index (χ3v) is 4.44. The van der Waals surface area contributed by atoms with Crippen LogP contribution in [0.5, 0.6) is 0 Å². The predicted octanol–water partition coefficient (Wildman–Crippen LogP) is 1.56. The Kier molecular flexibility index (Phi) is 4.94. The highest BCUT2D eigenvalue weighted by atomic mass is 32.2. The van der Waals surface area contributed by atoms with Crippen molar-refractivity contribution in [3.05, 3.63) is 36.5 Å². The van der Waals surface area contributed by atoms with Crippen LogP contribution >= 0.6 is 0 Å². The van der Waals surface area contributed by atoms with Gasteiger partial charge in [0.25, 0.3) is 0 Å². The van der Waals surface area contributed by atoms with Crippen molar-refractivity contribution in [2.24, 2.45) is 0 Å². The summed E-state index contributed by atoms with van der Waals surface area (Å²) < 4.78 is 28.7. The summed E-state index contributed by atoms with van der Waals surface area (Å²) in [6.45, 7) is 0.0967. The number of nitrogens with one attached hydrogen (secondary N) is 1. The van der Waals surface area contributed by atoms with Gasteiger partial charge >= 0.3 is 0 Å². The first-order chi connectivity index (χ1) is 10.4. The fraction of sp³-hybridized carbons (Fsp3) is 0.286. The summed E-state index contributed by atoms with van der Waals surface area (Å²) in [6.07, 6.45) is 2.64. The quantitative estimate of drug-likeness (QED) is 0.871. The lowest BCUT2D eigenvalue weighted by molar-refractivity contribution is -0.116. The van der Waals surface area contributed by atoms with Crippen LogP contribution in [0.1, 0.15) is 6.42 Å². The average Bonchev–Trinajstić information content (AvgIpc) is 2.92. The first-order valence-corrected chi connectivity index (χ1v) is 8.44. The van der Waals surface area contributed by atoms with Gasteiger partial charge in [-0.2, -0.15) is 0 Å². The second-order valence-corrected chi connectivity index (χ2v) is 6.91. The molecule has 1 aromatic heterocycles. The van der Waals surface area contributed by atoms with E-state index in [4.69, 9.17) is 4.52 Å². The van der Waals surface area contributed by atoms with Gasteiger partial charge in [-0.25, -0.2) is 12.7 Å². The minimum absolute atomic E-state index is 0.0263. The number of hydrogen-bond donors (Lipinski definition) is 1. The van der Waals surface area contributed by atoms with Crippen LogP contribution in [0.25, 0.3) is 11.1 Å². The lowest BCUT2D eigenvalue weighted by Gasteiger charge is -2.13. The van der Waals surface area contributed by atoms with Gasteiger partial charge in [0.05, 0.1) is 18.0 Å². The Balaban J connectivity index is 2.00. The summed E-state index contributed by atoms with van der Waals surface area (Å²) in [5, 5.41) is 6.30. The minimum Gasteiger partial charge on any atom is -0.338 e. The van der Waals surface area contributed by atoms with Crippen LogP contribution in [-0.2, 0) is 14.8 Å². The molecule has 0 atom stereocenters. The highest BCUT2D eigenvalue weighted by Crippen LogP contribution is 2.27. The second kappa shape index (κ2) is 6.71. The van der Waals surface area contributed by atoms with Crippen molar-refractivity contribution in [3.8, 4) is 11.1 Å². The maximum absolute atomic E-state index is 11.9. The molecule has 0 radical (unpaired) electrons. The van der Waals surface area contributed by atoms with Gasteiger partial charge in [0, 0.05) is 20.0 Å². The fourth-order valence-electron chi connectivity index (χ4n) is 1.77. The van der Waals surface area contributed by atoms with Gasteiger partial charge < -0.3 is 4.52 Å². The molecule has 22 heavy (non-hydrogen) atoms. The van der Waals surface area contributed by atoms with Crippen LogP contribution in [0.3, 0.4) is 0 Å². The van der Waals surface area contributed by atoms with Crippen LogP contribution in [-0.4, -0.2) is 43.6 Å². The van der Waals surface area contributed by atoms with Gasteiger partial charge in [0.2, 0.25) is 21.8 Å². The molecule has 2 rings (SSSR count). The SMILES string of the molecule is CN(CCC(=O)Nc1oncc1-c1ccccc1)S(C)(=O)=O.